The van der Waals surface area contributed by atoms with Gasteiger partial charge in [-0.2, -0.15) is 19.9 Å². The molecule has 0 aliphatic carbocycles. The molecule has 0 unspecified atom stereocenters. The Morgan fingerprint density at radius 3 is 1.50 bits per heavy atom. The summed E-state index contributed by atoms with van der Waals surface area (Å²) in [6, 6.07) is 16.5. The fourth-order valence-electron chi connectivity index (χ4n) is 7.63. The van der Waals surface area contributed by atoms with E-state index in [0.29, 0.717) is 86.9 Å². The summed E-state index contributed by atoms with van der Waals surface area (Å²) in [4.78, 5) is 37.9. The Kier molecular flexibility index (Phi) is 11.5. The van der Waals surface area contributed by atoms with Gasteiger partial charge >= 0.3 is 0 Å². The summed E-state index contributed by atoms with van der Waals surface area (Å²) in [5, 5.41) is 2.31. The summed E-state index contributed by atoms with van der Waals surface area (Å²) >= 11 is 6.11. The lowest BCUT2D eigenvalue weighted by Gasteiger charge is -2.37. The largest absolute Gasteiger partial charge is 0.399 e. The number of hydrogen-bond acceptors (Lipinski definition) is 15. The van der Waals surface area contributed by atoms with Crippen LogP contribution in [0.15, 0.2) is 48.5 Å². The zero-order valence-corrected chi connectivity index (χ0v) is 33.2. The Morgan fingerprint density at radius 1 is 0.554 bits per heavy atom. The fourth-order valence-corrected chi connectivity index (χ4v) is 7.77. The maximum atomic E-state index is 6.11. The summed E-state index contributed by atoms with van der Waals surface area (Å²) in [6.07, 6.45) is 0. The van der Waals surface area contributed by atoms with Crippen molar-refractivity contribution in [2.24, 2.45) is 0 Å². The molecule has 4 saturated heterocycles. The number of fused-ring (bicyclic) bond motifs is 2. The molecule has 2 N–H and O–H groups in total. The molecule has 16 heteroatoms. The molecule has 4 atom stereocenters. The highest BCUT2D eigenvalue weighted by Gasteiger charge is 2.29. The molecule has 15 nitrogen and oxygen atoms in total. The van der Waals surface area contributed by atoms with Crippen molar-refractivity contribution in [3.8, 4) is 11.3 Å². The minimum absolute atomic E-state index is 0.207. The number of hydrogen-bond donors (Lipinski definition) is 1. The Morgan fingerprint density at radius 2 is 1.02 bits per heavy atom. The van der Waals surface area contributed by atoms with Crippen molar-refractivity contribution in [2.45, 2.75) is 51.9 Å². The molecule has 4 aliphatic rings. The molecule has 0 radical (unpaired) electrons. The fraction of sp³-hybridized carbons (Fsp3) is 0.500. The van der Waals surface area contributed by atoms with E-state index in [4.69, 9.17) is 61.2 Å². The predicted molar refractivity (Wildman–Crippen MR) is 220 cm³/mol. The van der Waals surface area contributed by atoms with Gasteiger partial charge in [0.25, 0.3) is 0 Å². The van der Waals surface area contributed by atoms with E-state index in [-0.39, 0.29) is 24.2 Å². The second-order valence-corrected chi connectivity index (χ2v) is 15.2. The third-order valence-electron chi connectivity index (χ3n) is 10.7. The number of nitrogen functional groups attached to an aromatic ring is 1. The normalized spacial score (nSPS) is 23.3. The number of ether oxygens (including phenoxy) is 4. The van der Waals surface area contributed by atoms with Gasteiger partial charge in [-0.15, -0.1) is 0 Å². The number of benzene rings is 1. The standard InChI is InChI=1S/C23H28N6O2.C17H22ClN5O2/c1-15-13-30-10-8-28(15)22-19-6-7-20(17-4-3-5-18(24)12-17)25-21(19)26-23(27-22)29-9-11-31-14-16(29)2;1-11-9-24-7-5-22(11)16-13-3-4-14(18)19-15(13)20-17(21-16)23-6-8-25-10-12(23)2/h3-7,12,15-16H,8-11,13-14,24H2,1-2H3;3-4,11-12H,5-10H2,1-2H3/t15-,16-;11-,12-/m00/s1. The zero-order valence-electron chi connectivity index (χ0n) is 32.5. The van der Waals surface area contributed by atoms with Crippen LogP contribution in [0.2, 0.25) is 5.15 Å². The third kappa shape index (κ3) is 8.09. The number of pyridine rings is 2. The molecule has 4 aliphatic heterocycles. The van der Waals surface area contributed by atoms with E-state index in [1.165, 1.54) is 0 Å². The molecular weight excluding hydrogens is 734 g/mol. The van der Waals surface area contributed by atoms with Crippen LogP contribution in [0.5, 0.6) is 0 Å². The highest BCUT2D eigenvalue weighted by molar-refractivity contribution is 6.29. The molecule has 0 spiro atoms. The van der Waals surface area contributed by atoms with Gasteiger partial charge in [-0.3, -0.25) is 0 Å². The first-order valence-corrected chi connectivity index (χ1v) is 19.9. The van der Waals surface area contributed by atoms with Gasteiger partial charge in [0.05, 0.1) is 93.5 Å². The average molecular weight is 784 g/mol. The minimum atomic E-state index is 0.207. The lowest BCUT2D eigenvalue weighted by atomic mass is 10.1. The molecule has 4 fully saturated rings. The summed E-state index contributed by atoms with van der Waals surface area (Å²) in [6.45, 7) is 17.1. The van der Waals surface area contributed by atoms with Gasteiger partial charge in [0, 0.05) is 37.4 Å². The molecule has 296 valence electrons. The van der Waals surface area contributed by atoms with Crippen LogP contribution in [0.1, 0.15) is 27.7 Å². The van der Waals surface area contributed by atoms with E-state index in [1.54, 1.807) is 6.07 Å². The molecular formula is C40H50ClN11O4. The van der Waals surface area contributed by atoms with E-state index in [0.717, 1.165) is 59.8 Å². The number of nitrogens with two attached hydrogens (primary N) is 1. The quantitative estimate of drug-likeness (QED) is 0.191. The molecule has 0 saturated carbocycles. The van der Waals surface area contributed by atoms with E-state index in [9.17, 15) is 0 Å². The molecule has 0 bridgehead atoms. The number of morpholine rings is 4. The Hall–Kier alpha value is -4.67. The first-order valence-electron chi connectivity index (χ1n) is 19.5. The van der Waals surface area contributed by atoms with Crippen LogP contribution in [0.25, 0.3) is 33.3 Å². The second-order valence-electron chi connectivity index (χ2n) is 14.9. The molecule has 5 aromatic rings. The lowest BCUT2D eigenvalue weighted by Crippen LogP contribution is -2.46. The highest BCUT2D eigenvalue weighted by atomic mass is 35.5. The zero-order chi connectivity index (χ0) is 38.8. The molecule has 9 rings (SSSR count). The van der Waals surface area contributed by atoms with Crippen molar-refractivity contribution in [3.05, 3.63) is 53.7 Å². The Labute approximate surface area is 332 Å². The van der Waals surface area contributed by atoms with Crippen LogP contribution in [-0.4, -0.2) is 133 Å². The van der Waals surface area contributed by atoms with Gasteiger partial charge < -0.3 is 44.3 Å². The van der Waals surface area contributed by atoms with Crippen molar-refractivity contribution in [2.75, 3.05) is 104 Å². The van der Waals surface area contributed by atoms with E-state index < -0.39 is 0 Å². The van der Waals surface area contributed by atoms with Gasteiger partial charge in [0.1, 0.15) is 16.8 Å². The van der Waals surface area contributed by atoms with Crippen molar-refractivity contribution < 1.29 is 18.9 Å². The number of rotatable bonds is 5. The van der Waals surface area contributed by atoms with Gasteiger partial charge in [-0.05, 0) is 64.1 Å². The number of halogens is 1. The van der Waals surface area contributed by atoms with Gasteiger partial charge in [-0.1, -0.05) is 23.7 Å². The molecule has 56 heavy (non-hydrogen) atoms. The van der Waals surface area contributed by atoms with Gasteiger partial charge in [-0.25, -0.2) is 9.97 Å². The average Bonchev–Trinajstić information content (AvgIpc) is 3.21. The third-order valence-corrected chi connectivity index (χ3v) is 10.9. The lowest BCUT2D eigenvalue weighted by molar-refractivity contribution is 0.0972. The minimum Gasteiger partial charge on any atom is -0.399 e. The Bertz CT molecular complexity index is 2160. The van der Waals surface area contributed by atoms with E-state index in [2.05, 4.69) is 58.3 Å². The van der Waals surface area contributed by atoms with E-state index in [1.807, 2.05) is 36.4 Å². The predicted octanol–water partition coefficient (Wildman–Crippen LogP) is 4.85. The number of aromatic nitrogens is 6. The van der Waals surface area contributed by atoms with Gasteiger partial charge in [0.2, 0.25) is 11.9 Å². The van der Waals surface area contributed by atoms with Gasteiger partial charge in [0.15, 0.2) is 11.3 Å². The van der Waals surface area contributed by atoms with Crippen LogP contribution in [0, 0.1) is 0 Å². The molecule has 1 aromatic carbocycles. The first-order chi connectivity index (χ1) is 27.2. The van der Waals surface area contributed by atoms with Crippen molar-refractivity contribution in [1.82, 2.24) is 29.9 Å². The van der Waals surface area contributed by atoms with Crippen LogP contribution >= 0.6 is 11.6 Å². The molecule has 0 amide bonds. The maximum absolute atomic E-state index is 6.11. The van der Waals surface area contributed by atoms with Crippen molar-refractivity contribution in [1.29, 1.82) is 0 Å². The summed E-state index contributed by atoms with van der Waals surface area (Å²) in [7, 11) is 0. The topological polar surface area (TPSA) is 153 Å². The Balaban J connectivity index is 0.000000161. The van der Waals surface area contributed by atoms with Crippen molar-refractivity contribution in [3.63, 3.8) is 0 Å². The maximum Gasteiger partial charge on any atom is 0.229 e. The van der Waals surface area contributed by atoms with Crippen LogP contribution < -0.4 is 25.3 Å². The number of anilines is 5. The van der Waals surface area contributed by atoms with Crippen molar-refractivity contribution >= 4 is 62.9 Å². The first kappa shape index (κ1) is 38.2. The highest BCUT2D eigenvalue weighted by Crippen LogP contribution is 2.33. The smallest absolute Gasteiger partial charge is 0.229 e. The summed E-state index contributed by atoms with van der Waals surface area (Å²) in [5.41, 5.74) is 9.85. The van der Waals surface area contributed by atoms with Crippen LogP contribution in [-0.2, 0) is 18.9 Å². The monoisotopic (exact) mass is 783 g/mol. The number of nitrogens with zero attached hydrogens (tertiary/aromatic N) is 10. The molecule has 4 aromatic heterocycles. The molecule has 8 heterocycles. The van der Waals surface area contributed by atoms with E-state index >= 15 is 0 Å². The summed E-state index contributed by atoms with van der Waals surface area (Å²) in [5.74, 6) is 3.21. The van der Waals surface area contributed by atoms with Crippen LogP contribution in [0.3, 0.4) is 0 Å². The second kappa shape index (κ2) is 16.8. The SMILES string of the molecule is C[C@H]1COCCN1c1nc(N2CCOC[C@@H]2C)c2ccc(-c3cccc(N)c3)nc2n1.C[C@H]1COCCN1c1nc(N2CCOC[C@@H]2C)c2ccc(Cl)nc2n1. The van der Waals surface area contributed by atoms with Crippen LogP contribution in [0.4, 0.5) is 29.2 Å². The summed E-state index contributed by atoms with van der Waals surface area (Å²) < 4.78 is 22.4.